The Labute approximate surface area is 154 Å². The molecule has 1 amide bonds. The molecule has 5 nitrogen and oxygen atoms in total. The zero-order valence-electron chi connectivity index (χ0n) is 15.1. The van der Waals surface area contributed by atoms with Crippen molar-refractivity contribution >= 4 is 11.6 Å². The van der Waals surface area contributed by atoms with E-state index in [1.807, 2.05) is 48.5 Å². The van der Waals surface area contributed by atoms with E-state index >= 15 is 0 Å². The first-order valence-corrected chi connectivity index (χ1v) is 9.09. The lowest BCUT2D eigenvalue weighted by molar-refractivity contribution is -0.118. The molecule has 1 aliphatic rings. The Morgan fingerprint density at radius 1 is 1.08 bits per heavy atom. The van der Waals surface area contributed by atoms with Crippen LogP contribution in [-0.2, 0) is 16.0 Å². The number of hydrogen-bond acceptors (Lipinski definition) is 4. The van der Waals surface area contributed by atoms with E-state index < -0.39 is 0 Å². The molecule has 0 spiro atoms. The molecule has 2 aromatic carbocycles. The Morgan fingerprint density at radius 3 is 2.42 bits per heavy atom. The van der Waals surface area contributed by atoms with Crippen molar-refractivity contribution in [2.45, 2.75) is 32.3 Å². The van der Waals surface area contributed by atoms with Gasteiger partial charge in [-0.1, -0.05) is 19.1 Å². The van der Waals surface area contributed by atoms with Gasteiger partial charge in [-0.05, 0) is 61.2 Å². The minimum absolute atomic E-state index is 0.0251. The van der Waals surface area contributed by atoms with Gasteiger partial charge in [0.25, 0.3) is 5.91 Å². The number of benzene rings is 2. The maximum Gasteiger partial charge on any atom is 0.262 e. The minimum atomic E-state index is -0.197. The predicted molar refractivity (Wildman–Crippen MR) is 101 cm³/mol. The van der Waals surface area contributed by atoms with Crippen LogP contribution >= 0.6 is 0 Å². The Hall–Kier alpha value is -2.53. The van der Waals surface area contributed by atoms with Gasteiger partial charge >= 0.3 is 0 Å². The van der Waals surface area contributed by atoms with E-state index in [-0.39, 0.29) is 18.6 Å². The van der Waals surface area contributed by atoms with Crippen molar-refractivity contribution in [2.24, 2.45) is 0 Å². The first-order chi connectivity index (χ1) is 12.7. The molecule has 5 heteroatoms. The Balaban J connectivity index is 1.41. The lowest BCUT2D eigenvalue weighted by Crippen LogP contribution is -2.20. The number of nitrogens with one attached hydrogen (secondary N) is 1. The van der Waals surface area contributed by atoms with Crippen LogP contribution in [0.15, 0.2) is 48.5 Å². The van der Waals surface area contributed by atoms with Crippen LogP contribution in [0, 0.1) is 0 Å². The standard InChI is InChI=1S/C21H25NO4/c1-2-16-5-9-18(10-6-16)26-15-21(23)22-17-7-11-19(12-8-17)25-14-20-4-3-13-24-20/h5-12,20H,2-4,13-15H2,1H3,(H,22,23). The Kier molecular flexibility index (Phi) is 6.50. The summed E-state index contributed by atoms with van der Waals surface area (Å²) in [5.74, 6) is 1.26. The number of aryl methyl sites for hydroxylation is 1. The van der Waals surface area contributed by atoms with Gasteiger partial charge in [-0.25, -0.2) is 0 Å². The third kappa shape index (κ3) is 5.49. The number of carbonyl (C=O) groups excluding carboxylic acids is 1. The second kappa shape index (κ2) is 9.25. The molecule has 1 fully saturated rings. The fraction of sp³-hybridized carbons (Fsp3) is 0.381. The van der Waals surface area contributed by atoms with E-state index in [1.165, 1.54) is 5.56 Å². The molecular formula is C21H25NO4. The molecule has 1 atom stereocenters. The van der Waals surface area contributed by atoms with E-state index in [0.717, 1.165) is 31.6 Å². The largest absolute Gasteiger partial charge is 0.491 e. The molecular weight excluding hydrogens is 330 g/mol. The van der Waals surface area contributed by atoms with Gasteiger partial charge in [-0.3, -0.25) is 4.79 Å². The SMILES string of the molecule is CCc1ccc(OCC(=O)Nc2ccc(OCC3CCCO3)cc2)cc1. The monoisotopic (exact) mass is 355 g/mol. The molecule has 0 saturated carbocycles. The lowest BCUT2D eigenvalue weighted by atomic mass is 10.2. The zero-order chi connectivity index (χ0) is 18.2. The third-order valence-electron chi connectivity index (χ3n) is 4.30. The Bertz CT molecular complexity index is 691. The van der Waals surface area contributed by atoms with Crippen LogP contribution in [0.3, 0.4) is 0 Å². The summed E-state index contributed by atoms with van der Waals surface area (Å²) in [6.45, 7) is 3.46. The van der Waals surface area contributed by atoms with Crippen molar-refractivity contribution in [2.75, 3.05) is 25.1 Å². The fourth-order valence-corrected chi connectivity index (χ4v) is 2.77. The van der Waals surface area contributed by atoms with Crippen LogP contribution in [0.4, 0.5) is 5.69 Å². The molecule has 0 aliphatic carbocycles. The smallest absolute Gasteiger partial charge is 0.262 e. The van der Waals surface area contributed by atoms with Gasteiger partial charge in [-0.15, -0.1) is 0 Å². The molecule has 1 heterocycles. The van der Waals surface area contributed by atoms with Crippen molar-refractivity contribution in [3.8, 4) is 11.5 Å². The van der Waals surface area contributed by atoms with Crippen LogP contribution in [0.1, 0.15) is 25.3 Å². The van der Waals surface area contributed by atoms with Gasteiger partial charge < -0.3 is 19.5 Å². The van der Waals surface area contributed by atoms with Crippen LogP contribution in [0.25, 0.3) is 0 Å². The van der Waals surface area contributed by atoms with Crippen molar-refractivity contribution < 1.29 is 19.0 Å². The van der Waals surface area contributed by atoms with E-state index in [0.29, 0.717) is 18.0 Å². The van der Waals surface area contributed by atoms with Crippen molar-refractivity contribution in [1.29, 1.82) is 0 Å². The normalized spacial score (nSPS) is 16.3. The average molecular weight is 355 g/mol. The highest BCUT2D eigenvalue weighted by atomic mass is 16.5. The number of ether oxygens (including phenoxy) is 3. The molecule has 1 N–H and O–H groups in total. The van der Waals surface area contributed by atoms with Crippen molar-refractivity contribution in [3.63, 3.8) is 0 Å². The maximum atomic E-state index is 12.0. The summed E-state index contributed by atoms with van der Waals surface area (Å²) in [5, 5.41) is 2.81. The summed E-state index contributed by atoms with van der Waals surface area (Å²) in [6, 6.07) is 15.1. The summed E-state index contributed by atoms with van der Waals surface area (Å²) >= 11 is 0. The van der Waals surface area contributed by atoms with E-state index in [2.05, 4.69) is 12.2 Å². The van der Waals surface area contributed by atoms with E-state index in [9.17, 15) is 4.79 Å². The molecule has 0 bridgehead atoms. The van der Waals surface area contributed by atoms with Gasteiger partial charge in [0.05, 0.1) is 6.10 Å². The van der Waals surface area contributed by atoms with Crippen LogP contribution in [0.2, 0.25) is 0 Å². The van der Waals surface area contributed by atoms with Crippen LogP contribution in [-0.4, -0.2) is 31.8 Å². The molecule has 1 saturated heterocycles. The number of rotatable bonds is 8. The highest BCUT2D eigenvalue weighted by Crippen LogP contribution is 2.18. The summed E-state index contributed by atoms with van der Waals surface area (Å²) in [4.78, 5) is 12.0. The molecule has 26 heavy (non-hydrogen) atoms. The highest BCUT2D eigenvalue weighted by Gasteiger charge is 2.15. The molecule has 2 aromatic rings. The first kappa shape index (κ1) is 18.3. The van der Waals surface area contributed by atoms with Crippen LogP contribution in [0.5, 0.6) is 11.5 Å². The molecule has 0 aromatic heterocycles. The van der Waals surface area contributed by atoms with Gasteiger partial charge in [0.15, 0.2) is 6.61 Å². The second-order valence-corrected chi connectivity index (χ2v) is 6.30. The fourth-order valence-electron chi connectivity index (χ4n) is 2.77. The topological polar surface area (TPSA) is 56.8 Å². The number of carbonyl (C=O) groups is 1. The van der Waals surface area contributed by atoms with Crippen molar-refractivity contribution in [3.05, 3.63) is 54.1 Å². The van der Waals surface area contributed by atoms with E-state index in [1.54, 1.807) is 0 Å². The zero-order valence-corrected chi connectivity index (χ0v) is 15.1. The third-order valence-corrected chi connectivity index (χ3v) is 4.30. The summed E-state index contributed by atoms with van der Waals surface area (Å²) < 4.78 is 16.8. The summed E-state index contributed by atoms with van der Waals surface area (Å²) in [5.41, 5.74) is 1.95. The second-order valence-electron chi connectivity index (χ2n) is 6.30. The van der Waals surface area contributed by atoms with Gasteiger partial charge in [0, 0.05) is 12.3 Å². The predicted octanol–water partition coefficient (Wildman–Crippen LogP) is 3.82. The molecule has 3 rings (SSSR count). The Morgan fingerprint density at radius 2 is 1.77 bits per heavy atom. The maximum absolute atomic E-state index is 12.0. The van der Waals surface area contributed by atoms with E-state index in [4.69, 9.17) is 14.2 Å². The lowest BCUT2D eigenvalue weighted by Gasteiger charge is -2.12. The molecule has 0 radical (unpaired) electrons. The summed E-state index contributed by atoms with van der Waals surface area (Å²) in [7, 11) is 0. The molecule has 1 aliphatic heterocycles. The van der Waals surface area contributed by atoms with Gasteiger partial charge in [0.1, 0.15) is 18.1 Å². The number of anilines is 1. The average Bonchev–Trinajstić information content (AvgIpc) is 3.20. The highest BCUT2D eigenvalue weighted by molar-refractivity contribution is 5.91. The number of hydrogen-bond donors (Lipinski definition) is 1. The molecule has 1 unspecified atom stereocenters. The molecule has 138 valence electrons. The minimum Gasteiger partial charge on any atom is -0.491 e. The van der Waals surface area contributed by atoms with Crippen molar-refractivity contribution in [1.82, 2.24) is 0 Å². The summed E-state index contributed by atoms with van der Waals surface area (Å²) in [6.07, 6.45) is 3.32. The van der Waals surface area contributed by atoms with Gasteiger partial charge in [-0.2, -0.15) is 0 Å². The number of amides is 1. The first-order valence-electron chi connectivity index (χ1n) is 9.09. The van der Waals surface area contributed by atoms with Crippen LogP contribution < -0.4 is 14.8 Å². The van der Waals surface area contributed by atoms with Gasteiger partial charge in [0.2, 0.25) is 0 Å². The quantitative estimate of drug-likeness (QED) is 0.782.